The van der Waals surface area contributed by atoms with E-state index in [4.69, 9.17) is 9.97 Å². The van der Waals surface area contributed by atoms with Crippen molar-refractivity contribution in [3.05, 3.63) is 108 Å². The number of anilines is 2. The van der Waals surface area contributed by atoms with Crippen LogP contribution in [0.25, 0.3) is 11.2 Å². The largest absolute Gasteiger partial charge is 0.471 e. The van der Waals surface area contributed by atoms with Crippen LogP contribution in [0.5, 0.6) is 0 Å². The Labute approximate surface area is 307 Å². The van der Waals surface area contributed by atoms with Crippen LogP contribution >= 0.6 is 0 Å². The highest BCUT2D eigenvalue weighted by molar-refractivity contribution is 5.85. The molecule has 1 saturated heterocycles. The van der Waals surface area contributed by atoms with E-state index in [0.717, 1.165) is 16.8 Å². The lowest BCUT2D eigenvalue weighted by Gasteiger charge is -2.22. The number of imidazole rings is 1. The molecule has 0 radical (unpaired) electrons. The molecule has 2 fully saturated rings. The maximum atomic E-state index is 13.1. The van der Waals surface area contributed by atoms with Gasteiger partial charge in [0, 0.05) is 37.8 Å². The molecule has 1 aliphatic carbocycles. The highest BCUT2D eigenvalue weighted by atomic mass is 19.4. The number of carbonyl (C=O) groups excluding carboxylic acids is 2. The summed E-state index contributed by atoms with van der Waals surface area (Å²) in [5, 5.41) is 32.8. The summed E-state index contributed by atoms with van der Waals surface area (Å²) >= 11 is 0. The molecule has 0 bridgehead atoms. The number of pyridine rings is 1. The van der Waals surface area contributed by atoms with Gasteiger partial charge in [-0.25, -0.2) is 9.78 Å². The highest BCUT2D eigenvalue weighted by Gasteiger charge is 2.47. The van der Waals surface area contributed by atoms with E-state index in [9.17, 15) is 33.0 Å². The minimum atomic E-state index is -5.16. The molecular formula is C37H39F3N10O4. The first-order valence-corrected chi connectivity index (χ1v) is 17.6. The van der Waals surface area contributed by atoms with Gasteiger partial charge in [-0.1, -0.05) is 66.7 Å². The highest BCUT2D eigenvalue weighted by Crippen LogP contribution is 2.36. The summed E-state index contributed by atoms with van der Waals surface area (Å²) in [6.07, 6.45) is -4.95. The number of urea groups is 1. The van der Waals surface area contributed by atoms with E-state index in [1.165, 1.54) is 10.9 Å². The number of halogens is 3. The number of benzene rings is 2. The van der Waals surface area contributed by atoms with E-state index < -0.39 is 36.4 Å². The van der Waals surface area contributed by atoms with Gasteiger partial charge in [-0.05, 0) is 36.1 Å². The summed E-state index contributed by atoms with van der Waals surface area (Å²) in [4.78, 5) is 44.9. The molecule has 6 N–H and O–H groups in total. The zero-order valence-electron chi connectivity index (χ0n) is 28.9. The van der Waals surface area contributed by atoms with Crippen molar-refractivity contribution < 1.29 is 33.0 Å². The third-order valence-electron chi connectivity index (χ3n) is 9.83. The maximum Gasteiger partial charge on any atom is 0.471 e. The number of hydrogen-bond acceptors (Lipinski definition) is 10. The Morgan fingerprint density at radius 2 is 1.59 bits per heavy atom. The number of hydrogen-bond donors (Lipinski definition) is 6. The first-order chi connectivity index (χ1) is 26.0. The molecule has 4 heterocycles. The Morgan fingerprint density at radius 3 is 2.26 bits per heavy atom. The first kappa shape index (κ1) is 36.5. The molecule has 2 aliphatic rings. The Kier molecular flexibility index (Phi) is 10.6. The second-order valence-corrected chi connectivity index (χ2v) is 13.4. The number of fused-ring (bicyclic) bond motifs is 1. The van der Waals surface area contributed by atoms with E-state index in [-0.39, 0.29) is 36.6 Å². The summed E-state index contributed by atoms with van der Waals surface area (Å²) in [6, 6.07) is 22.4. The quantitative estimate of drug-likeness (QED) is 0.118. The predicted octanol–water partition coefficient (Wildman–Crippen LogP) is 3.26. The standard InChI is InChI=1S/C37H39F3N10O4/c38-37(39,40)34(53)46-27-17-28(31(52)30(27)51)50-21-44-29-32(42-19-26(22-9-3-1-4-10-22)23-11-5-2-6-12-23)47-35(48-33(29)50)49-16-14-25(20-49)45-36(54)43-18-24-13-7-8-15-41-24/h1-13,15,21,25-28,30-31,51-52H,14,16-20H2,(H,46,53)(H,42,47,48)(H2,43,45,54)/t25-,27+,28-,30-,31+/m1/s1. The smallest absolute Gasteiger partial charge is 0.388 e. The Bertz CT molecular complexity index is 2020. The van der Waals surface area contributed by atoms with Crippen molar-refractivity contribution in [3.8, 4) is 0 Å². The van der Waals surface area contributed by atoms with Crippen molar-refractivity contribution in [3.63, 3.8) is 0 Å². The van der Waals surface area contributed by atoms with Crippen LogP contribution in [0.1, 0.15) is 41.6 Å². The fourth-order valence-electron chi connectivity index (χ4n) is 7.06. The third kappa shape index (κ3) is 8.06. The second kappa shape index (κ2) is 15.7. The van der Waals surface area contributed by atoms with Crippen molar-refractivity contribution in [1.82, 2.24) is 40.5 Å². The SMILES string of the molecule is O=C(NCc1ccccn1)N[C@@H]1CCN(c2nc(NCC(c3ccccc3)c3ccccc3)c3ncn([C@@H]4C[C@H](NC(=O)C(F)(F)F)[C@@H](O)[C@H]4O)c3n2)C1. The molecule has 282 valence electrons. The van der Waals surface area contributed by atoms with Gasteiger partial charge in [0.05, 0.1) is 30.6 Å². The molecule has 0 spiro atoms. The fourth-order valence-corrected chi connectivity index (χ4v) is 7.06. The average Bonchev–Trinajstić information content (AvgIpc) is 3.89. The van der Waals surface area contributed by atoms with Crippen LogP contribution in [0.4, 0.5) is 29.7 Å². The number of aliphatic hydroxyl groups is 2. The Balaban J connectivity index is 1.16. The second-order valence-electron chi connectivity index (χ2n) is 13.4. The van der Waals surface area contributed by atoms with Crippen LogP contribution in [0.2, 0.25) is 0 Å². The monoisotopic (exact) mass is 744 g/mol. The lowest BCUT2D eigenvalue weighted by molar-refractivity contribution is -0.175. The van der Waals surface area contributed by atoms with Gasteiger partial charge in [-0.15, -0.1) is 0 Å². The van der Waals surface area contributed by atoms with Gasteiger partial charge < -0.3 is 40.9 Å². The minimum absolute atomic E-state index is 0.0854. The van der Waals surface area contributed by atoms with Crippen molar-refractivity contribution >= 4 is 34.9 Å². The molecule has 0 unspecified atom stereocenters. The van der Waals surface area contributed by atoms with Gasteiger partial charge >= 0.3 is 18.1 Å². The van der Waals surface area contributed by atoms with Crippen LogP contribution < -0.4 is 26.2 Å². The minimum Gasteiger partial charge on any atom is -0.388 e. The molecular weight excluding hydrogens is 705 g/mol. The summed E-state index contributed by atoms with van der Waals surface area (Å²) in [6.45, 7) is 1.54. The number of nitrogens with zero attached hydrogens (tertiary/aromatic N) is 6. The summed E-state index contributed by atoms with van der Waals surface area (Å²) in [5.41, 5.74) is 3.46. The first-order valence-electron chi connectivity index (χ1n) is 17.6. The number of alkyl halides is 3. The van der Waals surface area contributed by atoms with E-state index in [1.54, 1.807) is 17.6 Å². The molecule has 5 aromatic rings. The van der Waals surface area contributed by atoms with E-state index >= 15 is 0 Å². The van der Waals surface area contributed by atoms with Gasteiger partial charge in [0.1, 0.15) is 12.2 Å². The van der Waals surface area contributed by atoms with Crippen LogP contribution in [-0.2, 0) is 11.3 Å². The van der Waals surface area contributed by atoms with Crippen molar-refractivity contribution in [2.24, 2.45) is 0 Å². The molecule has 7 rings (SSSR count). The topological polar surface area (TPSA) is 182 Å². The molecule has 14 nitrogen and oxygen atoms in total. The number of nitrogens with one attached hydrogen (secondary N) is 4. The number of amides is 3. The average molecular weight is 745 g/mol. The number of rotatable bonds is 11. The number of carbonyl (C=O) groups is 2. The molecule has 2 aromatic carbocycles. The van der Waals surface area contributed by atoms with E-state index in [0.29, 0.717) is 43.3 Å². The molecule has 1 aliphatic heterocycles. The molecule has 3 amide bonds. The summed E-state index contributed by atoms with van der Waals surface area (Å²) in [5.74, 6) is -1.61. The summed E-state index contributed by atoms with van der Waals surface area (Å²) in [7, 11) is 0. The van der Waals surface area contributed by atoms with Crippen LogP contribution in [0, 0.1) is 0 Å². The van der Waals surface area contributed by atoms with Crippen LogP contribution in [-0.4, -0.2) is 96.8 Å². The normalized spacial score (nSPS) is 21.4. The Morgan fingerprint density at radius 1 is 0.889 bits per heavy atom. The molecule has 17 heteroatoms. The lowest BCUT2D eigenvalue weighted by Crippen LogP contribution is -2.48. The van der Waals surface area contributed by atoms with Crippen LogP contribution in [0.3, 0.4) is 0 Å². The summed E-state index contributed by atoms with van der Waals surface area (Å²) < 4.78 is 40.7. The molecule has 3 aromatic heterocycles. The molecule has 54 heavy (non-hydrogen) atoms. The fraction of sp³-hybridized carbons (Fsp3) is 0.351. The zero-order valence-corrected chi connectivity index (χ0v) is 28.9. The number of aliphatic hydroxyl groups excluding tert-OH is 2. The predicted molar refractivity (Wildman–Crippen MR) is 192 cm³/mol. The van der Waals surface area contributed by atoms with Crippen molar-refractivity contribution in [2.45, 2.75) is 61.8 Å². The van der Waals surface area contributed by atoms with Gasteiger partial charge in [-0.3, -0.25) is 9.78 Å². The van der Waals surface area contributed by atoms with Gasteiger partial charge in [0.2, 0.25) is 5.95 Å². The lowest BCUT2D eigenvalue weighted by atomic mass is 9.91. The molecule has 1 saturated carbocycles. The van der Waals surface area contributed by atoms with Gasteiger partial charge in [-0.2, -0.15) is 23.1 Å². The zero-order chi connectivity index (χ0) is 37.8. The Hall–Kier alpha value is -5.81. The van der Waals surface area contributed by atoms with Gasteiger partial charge in [0.15, 0.2) is 17.0 Å². The van der Waals surface area contributed by atoms with Crippen LogP contribution in [0.15, 0.2) is 91.4 Å². The van der Waals surface area contributed by atoms with E-state index in [1.807, 2.05) is 77.7 Å². The molecule has 5 atom stereocenters. The van der Waals surface area contributed by atoms with Crippen molar-refractivity contribution in [1.29, 1.82) is 0 Å². The van der Waals surface area contributed by atoms with E-state index in [2.05, 4.69) is 25.9 Å². The van der Waals surface area contributed by atoms with Crippen molar-refractivity contribution in [2.75, 3.05) is 29.9 Å². The maximum absolute atomic E-state index is 13.1. The van der Waals surface area contributed by atoms with Gasteiger partial charge in [0.25, 0.3) is 0 Å². The third-order valence-corrected chi connectivity index (χ3v) is 9.83. The number of aromatic nitrogens is 5.